The van der Waals surface area contributed by atoms with Gasteiger partial charge in [-0.25, -0.2) is 4.39 Å². The molecule has 1 heterocycles. The van der Waals surface area contributed by atoms with E-state index in [0.29, 0.717) is 24.4 Å². The van der Waals surface area contributed by atoms with Crippen molar-refractivity contribution in [2.45, 2.75) is 26.7 Å². The van der Waals surface area contributed by atoms with Gasteiger partial charge in [0, 0.05) is 25.5 Å². The maximum atomic E-state index is 12.8. The van der Waals surface area contributed by atoms with Crippen LogP contribution in [0.5, 0.6) is 0 Å². The van der Waals surface area contributed by atoms with Crippen molar-refractivity contribution in [3.05, 3.63) is 59.7 Å². The Labute approximate surface area is 142 Å². The molecular weight excluding hydrogens is 305 g/mol. The summed E-state index contributed by atoms with van der Waals surface area (Å²) in [5.74, 6) is 0.219. The van der Waals surface area contributed by atoms with Gasteiger partial charge in [0.05, 0.1) is 11.3 Å². The number of pyridine rings is 1. The average molecular weight is 329 g/mol. The van der Waals surface area contributed by atoms with Crippen molar-refractivity contribution in [2.75, 3.05) is 18.4 Å². The second-order valence-corrected chi connectivity index (χ2v) is 6.20. The molecule has 1 amide bonds. The molecule has 0 fully saturated rings. The van der Waals surface area contributed by atoms with Gasteiger partial charge >= 0.3 is 0 Å². The Morgan fingerprint density at radius 2 is 1.92 bits per heavy atom. The van der Waals surface area contributed by atoms with Crippen LogP contribution in [0, 0.1) is 11.7 Å². The largest absolute Gasteiger partial charge is 0.384 e. The number of hydrogen-bond acceptors (Lipinski definition) is 3. The van der Waals surface area contributed by atoms with E-state index in [4.69, 9.17) is 0 Å². The minimum absolute atomic E-state index is 0.155. The van der Waals surface area contributed by atoms with E-state index >= 15 is 0 Å². The molecule has 4 nitrogen and oxygen atoms in total. The smallest absolute Gasteiger partial charge is 0.252 e. The minimum atomic E-state index is -0.254. The van der Waals surface area contributed by atoms with Gasteiger partial charge < -0.3 is 10.6 Å². The highest BCUT2D eigenvalue weighted by atomic mass is 19.1. The van der Waals surface area contributed by atoms with Gasteiger partial charge in [-0.2, -0.15) is 0 Å². The maximum Gasteiger partial charge on any atom is 0.252 e. The van der Waals surface area contributed by atoms with E-state index in [2.05, 4.69) is 29.5 Å². The van der Waals surface area contributed by atoms with Crippen LogP contribution < -0.4 is 10.6 Å². The number of carbonyl (C=O) groups is 1. The zero-order valence-corrected chi connectivity index (χ0v) is 14.2. The molecule has 0 aliphatic carbocycles. The Morgan fingerprint density at radius 3 is 2.62 bits per heavy atom. The average Bonchev–Trinajstić information content (AvgIpc) is 2.56. The summed E-state index contributed by atoms with van der Waals surface area (Å²) in [4.78, 5) is 16.3. The summed E-state index contributed by atoms with van der Waals surface area (Å²) < 4.78 is 12.8. The Balaban J connectivity index is 1.82. The van der Waals surface area contributed by atoms with Gasteiger partial charge in [-0.1, -0.05) is 26.0 Å². The van der Waals surface area contributed by atoms with Crippen LogP contribution >= 0.6 is 0 Å². The number of rotatable bonds is 8. The number of nitrogens with zero attached hydrogens (tertiary/aromatic N) is 1. The van der Waals surface area contributed by atoms with Crippen LogP contribution in [-0.4, -0.2) is 24.0 Å². The number of anilines is 1. The zero-order valence-electron chi connectivity index (χ0n) is 14.2. The molecule has 0 aliphatic heterocycles. The molecular formula is C19H24FN3O. The summed E-state index contributed by atoms with van der Waals surface area (Å²) in [5.41, 5.74) is 2.37. The fourth-order valence-electron chi connectivity index (χ4n) is 2.24. The van der Waals surface area contributed by atoms with Gasteiger partial charge in [-0.3, -0.25) is 9.78 Å². The first kappa shape index (κ1) is 17.9. The lowest BCUT2D eigenvalue weighted by atomic mass is 10.1. The highest BCUT2D eigenvalue weighted by Gasteiger charge is 2.07. The summed E-state index contributed by atoms with van der Waals surface area (Å²) >= 11 is 0. The van der Waals surface area contributed by atoms with Crippen molar-refractivity contribution in [1.29, 1.82) is 0 Å². The monoisotopic (exact) mass is 329 g/mol. The van der Waals surface area contributed by atoms with E-state index in [1.165, 1.54) is 12.1 Å². The molecule has 0 unspecified atom stereocenters. The fourth-order valence-corrected chi connectivity index (χ4v) is 2.24. The van der Waals surface area contributed by atoms with Crippen LogP contribution in [0.2, 0.25) is 0 Å². The van der Waals surface area contributed by atoms with Crippen LogP contribution in [0.15, 0.2) is 42.7 Å². The highest BCUT2D eigenvalue weighted by molar-refractivity contribution is 5.94. The number of benzene rings is 1. The summed E-state index contributed by atoms with van der Waals surface area (Å²) in [6.45, 7) is 5.69. The second-order valence-electron chi connectivity index (χ2n) is 6.20. The molecule has 0 aliphatic rings. The van der Waals surface area contributed by atoms with Crippen molar-refractivity contribution < 1.29 is 9.18 Å². The standard InChI is InChI=1S/C19H24FN3O/c1-14(2)7-9-22-18-11-16(12-21-13-18)19(24)23-10-8-15-3-5-17(20)6-4-15/h3-6,11-14,22H,7-10H2,1-2H3,(H,23,24). The van der Waals surface area contributed by atoms with Crippen LogP contribution in [0.25, 0.3) is 0 Å². The Hall–Kier alpha value is -2.43. The summed E-state index contributed by atoms with van der Waals surface area (Å²) in [5, 5.41) is 6.14. The fraction of sp³-hybridized carbons (Fsp3) is 0.368. The van der Waals surface area contributed by atoms with Crippen molar-refractivity contribution in [2.24, 2.45) is 5.92 Å². The molecule has 2 aromatic rings. The molecule has 0 saturated carbocycles. The van der Waals surface area contributed by atoms with E-state index in [-0.39, 0.29) is 11.7 Å². The zero-order chi connectivity index (χ0) is 17.4. The lowest BCUT2D eigenvalue weighted by Gasteiger charge is -2.10. The summed E-state index contributed by atoms with van der Waals surface area (Å²) in [7, 11) is 0. The summed E-state index contributed by atoms with van der Waals surface area (Å²) in [6, 6.07) is 8.10. The first-order valence-corrected chi connectivity index (χ1v) is 8.26. The lowest BCUT2D eigenvalue weighted by Crippen LogP contribution is -2.26. The molecule has 128 valence electrons. The number of hydrogen-bond donors (Lipinski definition) is 2. The third kappa shape index (κ3) is 5.99. The first-order valence-electron chi connectivity index (χ1n) is 8.26. The molecule has 5 heteroatoms. The molecule has 2 N–H and O–H groups in total. The van der Waals surface area contributed by atoms with Crippen molar-refractivity contribution in [1.82, 2.24) is 10.3 Å². The number of nitrogens with one attached hydrogen (secondary N) is 2. The summed E-state index contributed by atoms with van der Waals surface area (Å²) in [6.07, 6.45) is 5.00. The topological polar surface area (TPSA) is 54.0 Å². The minimum Gasteiger partial charge on any atom is -0.384 e. The Morgan fingerprint density at radius 1 is 1.17 bits per heavy atom. The van der Waals surface area contributed by atoms with E-state index < -0.39 is 0 Å². The first-order chi connectivity index (χ1) is 11.5. The Kier molecular flexibility index (Phi) is 6.73. The van der Waals surface area contributed by atoms with Gasteiger partial charge in [0.2, 0.25) is 0 Å². The number of amides is 1. The van der Waals surface area contributed by atoms with Crippen LogP contribution in [0.3, 0.4) is 0 Å². The van der Waals surface area contributed by atoms with Gasteiger partial charge in [0.15, 0.2) is 0 Å². The van der Waals surface area contributed by atoms with Gasteiger partial charge in [-0.15, -0.1) is 0 Å². The lowest BCUT2D eigenvalue weighted by molar-refractivity contribution is 0.0954. The third-order valence-corrected chi connectivity index (χ3v) is 3.66. The number of aromatic nitrogens is 1. The van der Waals surface area contributed by atoms with E-state index in [9.17, 15) is 9.18 Å². The van der Waals surface area contributed by atoms with Gasteiger partial charge in [-0.05, 0) is 42.5 Å². The second kappa shape index (κ2) is 9.01. The van der Waals surface area contributed by atoms with E-state index in [1.54, 1.807) is 30.6 Å². The van der Waals surface area contributed by atoms with Crippen LogP contribution in [-0.2, 0) is 6.42 Å². The molecule has 24 heavy (non-hydrogen) atoms. The quantitative estimate of drug-likeness (QED) is 0.777. The van der Waals surface area contributed by atoms with Gasteiger partial charge in [0.1, 0.15) is 5.82 Å². The van der Waals surface area contributed by atoms with Crippen molar-refractivity contribution in [3.63, 3.8) is 0 Å². The van der Waals surface area contributed by atoms with Crippen LogP contribution in [0.1, 0.15) is 36.2 Å². The SMILES string of the molecule is CC(C)CCNc1cncc(C(=O)NCCc2ccc(F)cc2)c1. The van der Waals surface area contributed by atoms with Crippen molar-refractivity contribution in [3.8, 4) is 0 Å². The normalized spacial score (nSPS) is 10.7. The molecule has 0 bridgehead atoms. The highest BCUT2D eigenvalue weighted by Crippen LogP contribution is 2.10. The number of halogens is 1. The predicted molar refractivity (Wildman–Crippen MR) is 94.6 cm³/mol. The van der Waals surface area contributed by atoms with E-state index in [1.807, 2.05) is 0 Å². The van der Waals surface area contributed by atoms with Crippen LogP contribution in [0.4, 0.5) is 10.1 Å². The molecule has 0 radical (unpaired) electrons. The molecule has 0 spiro atoms. The Bertz CT molecular complexity index is 656. The molecule has 1 aromatic carbocycles. The number of carbonyl (C=O) groups excluding carboxylic acids is 1. The van der Waals surface area contributed by atoms with Gasteiger partial charge in [0.25, 0.3) is 5.91 Å². The van der Waals surface area contributed by atoms with E-state index in [0.717, 1.165) is 24.2 Å². The maximum absolute atomic E-state index is 12.8. The predicted octanol–water partition coefficient (Wildman–Crippen LogP) is 3.65. The molecule has 0 atom stereocenters. The molecule has 0 saturated heterocycles. The van der Waals surface area contributed by atoms with Crippen molar-refractivity contribution >= 4 is 11.6 Å². The molecule has 1 aromatic heterocycles. The molecule has 2 rings (SSSR count). The third-order valence-electron chi connectivity index (χ3n) is 3.66.